The number of hydrogen-bond acceptors (Lipinski definition) is 5. The molecule has 0 saturated carbocycles. The maximum absolute atomic E-state index is 12.7. The fraction of sp³-hybridized carbons (Fsp3) is 0.211. The maximum Gasteiger partial charge on any atom is 0.204 e. The second-order valence-corrected chi connectivity index (χ2v) is 5.18. The molecule has 0 radical (unpaired) electrons. The molecule has 0 aliphatic heterocycles. The Morgan fingerprint density at radius 3 is 2.33 bits per heavy atom. The van der Waals surface area contributed by atoms with Crippen LogP contribution in [0.1, 0.15) is 13.8 Å². The molecule has 0 atom stereocenters. The third kappa shape index (κ3) is 2.93. The Labute approximate surface area is 139 Å². The first kappa shape index (κ1) is 15.9. The summed E-state index contributed by atoms with van der Waals surface area (Å²) in [6.07, 6.45) is 1.40. The third-order valence-electron chi connectivity index (χ3n) is 3.62. The fourth-order valence-electron chi connectivity index (χ4n) is 2.55. The van der Waals surface area contributed by atoms with Crippen molar-refractivity contribution in [1.29, 1.82) is 0 Å². The minimum atomic E-state index is -0.291. The van der Waals surface area contributed by atoms with Gasteiger partial charge in [-0.15, -0.1) is 0 Å². The summed E-state index contributed by atoms with van der Waals surface area (Å²) in [5.74, 6) is 1.03. The number of benzene rings is 2. The molecule has 0 fully saturated rings. The van der Waals surface area contributed by atoms with Crippen LogP contribution in [0.4, 0.5) is 0 Å². The molecule has 1 aromatic heterocycles. The molecule has 24 heavy (non-hydrogen) atoms. The van der Waals surface area contributed by atoms with Crippen molar-refractivity contribution in [2.45, 2.75) is 13.8 Å². The molecular formula is C19H18O5. The highest BCUT2D eigenvalue weighted by molar-refractivity contribution is 5.88. The van der Waals surface area contributed by atoms with E-state index in [9.17, 15) is 9.90 Å². The average molecular weight is 326 g/mol. The molecule has 5 heteroatoms. The van der Waals surface area contributed by atoms with Gasteiger partial charge in [-0.25, -0.2) is 0 Å². The van der Waals surface area contributed by atoms with Gasteiger partial charge in [0, 0.05) is 12.1 Å². The molecule has 1 heterocycles. The summed E-state index contributed by atoms with van der Waals surface area (Å²) in [6.45, 7) is 4.78. The average Bonchev–Trinajstić information content (AvgIpc) is 2.56. The lowest BCUT2D eigenvalue weighted by molar-refractivity contribution is 0.338. The summed E-state index contributed by atoms with van der Waals surface area (Å²) < 4.78 is 16.3. The highest BCUT2D eigenvalue weighted by Gasteiger charge is 2.14. The summed E-state index contributed by atoms with van der Waals surface area (Å²) in [4.78, 5) is 12.7. The molecule has 0 aliphatic carbocycles. The molecule has 124 valence electrons. The largest absolute Gasteiger partial charge is 0.507 e. The number of aromatic hydroxyl groups is 1. The second-order valence-electron chi connectivity index (χ2n) is 5.18. The van der Waals surface area contributed by atoms with Crippen LogP contribution < -0.4 is 14.9 Å². The number of hydrogen-bond donors (Lipinski definition) is 1. The van der Waals surface area contributed by atoms with E-state index in [1.54, 1.807) is 30.3 Å². The Hall–Kier alpha value is -2.95. The minimum Gasteiger partial charge on any atom is -0.507 e. The van der Waals surface area contributed by atoms with E-state index in [1.165, 1.54) is 12.3 Å². The van der Waals surface area contributed by atoms with Gasteiger partial charge in [0.25, 0.3) is 0 Å². The van der Waals surface area contributed by atoms with Gasteiger partial charge in [-0.05, 0) is 31.5 Å². The Morgan fingerprint density at radius 1 is 1.00 bits per heavy atom. The normalized spacial score (nSPS) is 10.8. The molecule has 2 aromatic carbocycles. The lowest BCUT2D eigenvalue weighted by atomic mass is 10.0. The second kappa shape index (κ2) is 6.66. The zero-order valence-electron chi connectivity index (χ0n) is 13.5. The molecular weight excluding hydrogens is 308 g/mol. The number of phenols is 1. The number of fused-ring (bicyclic) bond motifs is 1. The van der Waals surface area contributed by atoms with Gasteiger partial charge in [0.2, 0.25) is 5.43 Å². The zero-order valence-corrected chi connectivity index (χ0v) is 13.5. The highest BCUT2D eigenvalue weighted by atomic mass is 16.5. The van der Waals surface area contributed by atoms with E-state index in [0.29, 0.717) is 30.1 Å². The van der Waals surface area contributed by atoms with Gasteiger partial charge < -0.3 is 19.0 Å². The van der Waals surface area contributed by atoms with Gasteiger partial charge in [0.05, 0.1) is 18.8 Å². The molecule has 3 aromatic rings. The van der Waals surface area contributed by atoms with E-state index in [2.05, 4.69) is 0 Å². The fourth-order valence-corrected chi connectivity index (χ4v) is 2.55. The molecule has 0 amide bonds. The van der Waals surface area contributed by atoms with Crippen molar-refractivity contribution in [3.63, 3.8) is 0 Å². The summed E-state index contributed by atoms with van der Waals surface area (Å²) in [7, 11) is 0. The summed E-state index contributed by atoms with van der Waals surface area (Å²) in [5, 5.41) is 10.3. The Morgan fingerprint density at radius 2 is 1.67 bits per heavy atom. The number of rotatable bonds is 5. The van der Waals surface area contributed by atoms with Crippen LogP contribution in [0.2, 0.25) is 0 Å². The van der Waals surface area contributed by atoms with E-state index in [-0.39, 0.29) is 22.1 Å². The van der Waals surface area contributed by atoms with Gasteiger partial charge >= 0.3 is 0 Å². The monoisotopic (exact) mass is 326 g/mol. The van der Waals surface area contributed by atoms with Crippen molar-refractivity contribution in [2.24, 2.45) is 0 Å². The highest BCUT2D eigenvalue weighted by Crippen LogP contribution is 2.30. The zero-order chi connectivity index (χ0) is 17.1. The first-order chi connectivity index (χ1) is 11.6. The quantitative estimate of drug-likeness (QED) is 0.768. The van der Waals surface area contributed by atoms with Gasteiger partial charge in [0.1, 0.15) is 34.5 Å². The first-order valence-corrected chi connectivity index (χ1v) is 7.78. The standard InChI is InChI=1S/C19H18O5/c1-3-22-13-7-5-12(6-8-13)15-11-24-17-10-14(23-4-2)9-16(20)18(17)19(15)21/h5-11,20H,3-4H2,1-2H3. The molecule has 0 aliphatic rings. The third-order valence-corrected chi connectivity index (χ3v) is 3.62. The molecule has 0 bridgehead atoms. The van der Waals surface area contributed by atoms with Crippen LogP contribution in [0, 0.1) is 0 Å². The van der Waals surface area contributed by atoms with E-state index in [4.69, 9.17) is 13.9 Å². The molecule has 0 unspecified atom stereocenters. The van der Waals surface area contributed by atoms with E-state index in [0.717, 1.165) is 5.75 Å². The predicted molar refractivity (Wildman–Crippen MR) is 91.9 cm³/mol. The Kier molecular flexibility index (Phi) is 4.42. The topological polar surface area (TPSA) is 68.9 Å². The molecule has 0 saturated heterocycles. The van der Waals surface area contributed by atoms with Crippen molar-refractivity contribution in [3.8, 4) is 28.4 Å². The number of ether oxygens (including phenoxy) is 2. The van der Waals surface area contributed by atoms with Crippen molar-refractivity contribution in [3.05, 3.63) is 52.9 Å². The van der Waals surface area contributed by atoms with Gasteiger partial charge in [-0.3, -0.25) is 4.79 Å². The Balaban J connectivity index is 2.10. The van der Waals surface area contributed by atoms with Crippen molar-refractivity contribution >= 4 is 11.0 Å². The van der Waals surface area contributed by atoms with Crippen LogP contribution in [0.5, 0.6) is 17.2 Å². The Bertz CT molecular complexity index is 909. The summed E-state index contributed by atoms with van der Waals surface area (Å²) in [5.41, 5.74) is 1.08. The van der Waals surface area contributed by atoms with Crippen LogP contribution in [-0.2, 0) is 0 Å². The van der Waals surface area contributed by atoms with E-state index < -0.39 is 0 Å². The molecule has 0 spiro atoms. The smallest absolute Gasteiger partial charge is 0.204 e. The lowest BCUT2D eigenvalue weighted by Crippen LogP contribution is -2.05. The van der Waals surface area contributed by atoms with Crippen molar-refractivity contribution in [2.75, 3.05) is 13.2 Å². The van der Waals surface area contributed by atoms with Gasteiger partial charge in [0.15, 0.2) is 0 Å². The molecule has 1 N–H and O–H groups in total. The molecule has 3 rings (SSSR count). The summed E-state index contributed by atoms with van der Waals surface area (Å²) in [6, 6.07) is 10.2. The van der Waals surface area contributed by atoms with Gasteiger partial charge in [-0.1, -0.05) is 12.1 Å². The number of phenolic OH excluding ortho intramolecular Hbond substituents is 1. The maximum atomic E-state index is 12.7. The predicted octanol–water partition coefficient (Wildman–Crippen LogP) is 3.96. The van der Waals surface area contributed by atoms with Crippen LogP contribution >= 0.6 is 0 Å². The van der Waals surface area contributed by atoms with E-state index in [1.807, 2.05) is 13.8 Å². The summed E-state index contributed by atoms with van der Waals surface area (Å²) >= 11 is 0. The van der Waals surface area contributed by atoms with E-state index >= 15 is 0 Å². The van der Waals surface area contributed by atoms with Crippen LogP contribution in [-0.4, -0.2) is 18.3 Å². The van der Waals surface area contributed by atoms with Crippen LogP contribution in [0.15, 0.2) is 51.9 Å². The van der Waals surface area contributed by atoms with Crippen LogP contribution in [0.25, 0.3) is 22.1 Å². The minimum absolute atomic E-state index is 0.143. The van der Waals surface area contributed by atoms with Crippen molar-refractivity contribution < 1.29 is 19.0 Å². The molecule has 5 nitrogen and oxygen atoms in total. The van der Waals surface area contributed by atoms with Crippen LogP contribution in [0.3, 0.4) is 0 Å². The SMILES string of the molecule is CCOc1ccc(-c2coc3cc(OCC)cc(O)c3c2=O)cc1. The lowest BCUT2D eigenvalue weighted by Gasteiger charge is -2.08. The van der Waals surface area contributed by atoms with Gasteiger partial charge in [-0.2, -0.15) is 0 Å². The van der Waals surface area contributed by atoms with Crippen molar-refractivity contribution in [1.82, 2.24) is 0 Å². The first-order valence-electron chi connectivity index (χ1n) is 7.78.